The first kappa shape index (κ1) is 24.0. The Morgan fingerprint density at radius 3 is 2.48 bits per heavy atom. The van der Waals surface area contributed by atoms with E-state index in [1.54, 1.807) is 24.6 Å². The third-order valence-electron chi connectivity index (χ3n) is 4.63. The topological polar surface area (TPSA) is 88.5 Å². The van der Waals surface area contributed by atoms with E-state index in [0.29, 0.717) is 9.90 Å². The first-order chi connectivity index (χ1) is 15.8. The molecule has 2 aromatic carbocycles. The van der Waals surface area contributed by atoms with Gasteiger partial charge >= 0.3 is 13.5 Å². The Hall–Kier alpha value is -2.19. The first-order valence-electron chi connectivity index (χ1n) is 9.65. The summed E-state index contributed by atoms with van der Waals surface area (Å²) in [6, 6.07) is 13.8. The number of halogens is 2. The molecular weight excluding hydrogens is 522 g/mol. The monoisotopic (exact) mass is 538 g/mol. The van der Waals surface area contributed by atoms with Crippen LogP contribution in [0.1, 0.15) is 16.6 Å². The number of anilines is 1. The highest BCUT2D eigenvalue weighted by Crippen LogP contribution is 2.50. The summed E-state index contributed by atoms with van der Waals surface area (Å²) >= 11 is 14.8. The van der Waals surface area contributed by atoms with E-state index in [2.05, 4.69) is 10.1 Å². The molecule has 0 bridgehead atoms. The Kier molecular flexibility index (Phi) is 7.24. The van der Waals surface area contributed by atoms with Crippen LogP contribution in [0.5, 0.6) is 0 Å². The molecule has 1 unspecified atom stereocenters. The van der Waals surface area contributed by atoms with Gasteiger partial charge in [0.2, 0.25) is 0 Å². The highest BCUT2D eigenvalue weighted by Gasteiger charge is 2.31. The van der Waals surface area contributed by atoms with Gasteiger partial charge in [-0.15, -0.1) is 22.7 Å². The van der Waals surface area contributed by atoms with Crippen LogP contribution >= 0.6 is 53.4 Å². The van der Waals surface area contributed by atoms with Crippen LogP contribution in [0, 0.1) is 0 Å². The predicted molar refractivity (Wildman–Crippen MR) is 137 cm³/mol. The number of carbonyl (C=O) groups is 1. The number of hydrogen-bond acceptors (Lipinski definition) is 6. The van der Waals surface area contributed by atoms with Gasteiger partial charge in [-0.1, -0.05) is 47.5 Å². The molecule has 0 saturated heterocycles. The van der Waals surface area contributed by atoms with E-state index in [0.717, 1.165) is 28.2 Å². The molecule has 11 heteroatoms. The molecule has 0 amide bonds. The molecule has 0 saturated carbocycles. The minimum atomic E-state index is -3.74. The van der Waals surface area contributed by atoms with Crippen molar-refractivity contribution in [2.24, 2.45) is 0 Å². The third-order valence-corrected chi connectivity index (χ3v) is 9.25. The second kappa shape index (κ2) is 9.97. The fourth-order valence-corrected chi connectivity index (χ4v) is 7.29. The minimum Gasteiger partial charge on any atom is -0.477 e. The Bertz CT molecular complexity index is 1340. The summed E-state index contributed by atoms with van der Waals surface area (Å²) in [7, 11) is -3.74. The summed E-state index contributed by atoms with van der Waals surface area (Å²) in [6.45, 7) is 1.82. The second-order valence-electron chi connectivity index (χ2n) is 6.79. The van der Waals surface area contributed by atoms with Crippen LogP contribution in [0.25, 0.3) is 21.7 Å². The normalized spacial score (nSPS) is 12.9. The average Bonchev–Trinajstić information content (AvgIpc) is 3.44. The van der Waals surface area contributed by atoms with Crippen molar-refractivity contribution in [2.45, 2.75) is 6.92 Å². The van der Waals surface area contributed by atoms with Gasteiger partial charge in [-0.05, 0) is 36.8 Å². The van der Waals surface area contributed by atoms with Crippen LogP contribution in [-0.4, -0.2) is 22.7 Å². The molecule has 0 fully saturated rings. The van der Waals surface area contributed by atoms with Gasteiger partial charge in [0.15, 0.2) is 0 Å². The van der Waals surface area contributed by atoms with E-state index in [9.17, 15) is 14.5 Å². The van der Waals surface area contributed by atoms with Gasteiger partial charge in [-0.3, -0.25) is 4.57 Å². The van der Waals surface area contributed by atoms with E-state index >= 15 is 0 Å². The van der Waals surface area contributed by atoms with Crippen molar-refractivity contribution in [1.82, 2.24) is 4.98 Å². The van der Waals surface area contributed by atoms with Crippen LogP contribution in [0.15, 0.2) is 59.4 Å². The lowest BCUT2D eigenvalue weighted by Gasteiger charge is -2.21. The van der Waals surface area contributed by atoms with E-state index in [-0.39, 0.29) is 27.5 Å². The molecule has 0 spiro atoms. The molecule has 0 aliphatic carbocycles. The molecule has 4 aromatic rings. The number of nitrogens with one attached hydrogen (secondary N) is 1. The predicted octanol–water partition coefficient (Wildman–Crippen LogP) is 7.51. The number of carboxylic acids is 1. The Morgan fingerprint density at radius 2 is 1.88 bits per heavy atom. The lowest BCUT2D eigenvalue weighted by molar-refractivity contribution is 0.0703. The number of nitrogens with zero attached hydrogens (tertiary/aromatic N) is 1. The zero-order valence-corrected chi connectivity index (χ0v) is 21.2. The molecule has 1 atom stereocenters. The number of thiazole rings is 1. The van der Waals surface area contributed by atoms with E-state index in [1.807, 2.05) is 29.6 Å². The fraction of sp³-hybridized carbons (Fsp3) is 0.0909. The van der Waals surface area contributed by atoms with Gasteiger partial charge in [0.1, 0.15) is 4.88 Å². The Balaban J connectivity index is 1.71. The zero-order chi connectivity index (χ0) is 23.6. The van der Waals surface area contributed by atoms with Gasteiger partial charge in [-0.2, -0.15) is 0 Å². The number of aromatic nitrogens is 1. The lowest BCUT2D eigenvalue weighted by Crippen LogP contribution is -2.16. The van der Waals surface area contributed by atoms with Crippen LogP contribution < -0.4 is 10.4 Å². The smallest absolute Gasteiger partial charge is 0.348 e. The van der Waals surface area contributed by atoms with Crippen molar-refractivity contribution in [3.05, 3.63) is 74.3 Å². The molecule has 0 aliphatic heterocycles. The minimum absolute atomic E-state index is 0.0126. The number of thiophene rings is 1. The molecule has 0 radical (unpaired) electrons. The summed E-state index contributed by atoms with van der Waals surface area (Å²) in [5.41, 5.74) is 4.62. The zero-order valence-electron chi connectivity index (χ0n) is 17.1. The van der Waals surface area contributed by atoms with Crippen molar-refractivity contribution >= 4 is 70.4 Å². The third kappa shape index (κ3) is 5.17. The number of carboxylic acid groups (broad SMARTS) is 1. The van der Waals surface area contributed by atoms with Crippen molar-refractivity contribution < 1.29 is 19.0 Å². The van der Waals surface area contributed by atoms with E-state index < -0.39 is 13.5 Å². The maximum absolute atomic E-state index is 13.8. The van der Waals surface area contributed by atoms with Crippen molar-refractivity contribution in [3.8, 4) is 21.7 Å². The van der Waals surface area contributed by atoms with Gasteiger partial charge in [0.25, 0.3) is 0 Å². The number of hydrogen-bond donors (Lipinski definition) is 2. The largest absolute Gasteiger partial charge is 0.477 e. The highest BCUT2D eigenvalue weighted by atomic mass is 35.5. The fourth-order valence-electron chi connectivity index (χ4n) is 3.16. The summed E-state index contributed by atoms with van der Waals surface area (Å²) in [6.07, 6.45) is 0. The van der Waals surface area contributed by atoms with Crippen LogP contribution in [-0.2, 0) is 9.09 Å². The Morgan fingerprint density at radius 1 is 1.15 bits per heavy atom. The molecule has 6 nitrogen and oxygen atoms in total. The maximum atomic E-state index is 13.8. The van der Waals surface area contributed by atoms with Crippen molar-refractivity contribution in [3.63, 3.8) is 0 Å². The van der Waals surface area contributed by atoms with Crippen molar-refractivity contribution in [2.75, 3.05) is 11.7 Å². The molecule has 2 N–H and O–H groups in total. The lowest BCUT2D eigenvalue weighted by atomic mass is 10.1. The maximum Gasteiger partial charge on any atom is 0.348 e. The molecule has 33 heavy (non-hydrogen) atoms. The van der Waals surface area contributed by atoms with Gasteiger partial charge in [0, 0.05) is 20.8 Å². The number of aromatic carboxylic acids is 1. The van der Waals surface area contributed by atoms with Crippen LogP contribution in [0.3, 0.4) is 0 Å². The SMILES string of the molecule is CCOP(=O)(Nc1cc(-c2ccc(-c3cscn3)cc2)sc1C(=O)O)c1ccc(Cl)cc1Cl. The summed E-state index contributed by atoms with van der Waals surface area (Å²) in [4.78, 5) is 17.0. The quantitative estimate of drug-likeness (QED) is 0.225. The van der Waals surface area contributed by atoms with E-state index in [4.69, 9.17) is 27.7 Å². The Labute approximate surface area is 208 Å². The van der Waals surface area contributed by atoms with Gasteiger partial charge in [0.05, 0.1) is 33.8 Å². The van der Waals surface area contributed by atoms with Crippen molar-refractivity contribution in [1.29, 1.82) is 0 Å². The summed E-state index contributed by atoms with van der Waals surface area (Å²) < 4.78 is 19.3. The molecule has 0 aliphatic rings. The molecule has 2 aromatic heterocycles. The number of rotatable bonds is 8. The van der Waals surface area contributed by atoms with Crippen LogP contribution in [0.4, 0.5) is 5.69 Å². The molecule has 2 heterocycles. The van der Waals surface area contributed by atoms with Gasteiger partial charge < -0.3 is 14.7 Å². The first-order valence-corrected chi connectivity index (χ1v) is 13.8. The molecule has 4 rings (SSSR count). The summed E-state index contributed by atoms with van der Waals surface area (Å²) in [5, 5.41) is 15.3. The number of benzene rings is 2. The van der Waals surface area contributed by atoms with E-state index in [1.165, 1.54) is 23.5 Å². The average molecular weight is 539 g/mol. The highest BCUT2D eigenvalue weighted by molar-refractivity contribution is 7.68. The molecular formula is C22H17Cl2N2O4PS2. The molecule has 170 valence electrons. The second-order valence-corrected chi connectivity index (χ2v) is 11.5. The van der Waals surface area contributed by atoms with Crippen LogP contribution in [0.2, 0.25) is 10.0 Å². The van der Waals surface area contributed by atoms with Gasteiger partial charge in [-0.25, -0.2) is 9.78 Å². The standard InChI is InChI=1S/C22H17Cl2N2O4PS2/c1-2-30-31(29,19-8-7-15(23)9-16(19)24)26-17-10-20(33-21(17)22(27)28)14-5-3-13(4-6-14)18-11-32-12-25-18/h3-12H,2H2,1H3,(H,26,29)(H,27,28). The summed E-state index contributed by atoms with van der Waals surface area (Å²) in [5.74, 6) is -1.14.